The largest absolute Gasteiger partial charge is 0.393 e. The first kappa shape index (κ1) is 16.0. The minimum atomic E-state index is -0.302. The molecule has 2 rings (SSSR count). The zero-order valence-corrected chi connectivity index (χ0v) is 13.2. The van der Waals surface area contributed by atoms with E-state index < -0.39 is 0 Å². The van der Waals surface area contributed by atoms with E-state index in [1.54, 1.807) is 0 Å². The van der Waals surface area contributed by atoms with Crippen LogP contribution in [0, 0.1) is 12.8 Å². The summed E-state index contributed by atoms with van der Waals surface area (Å²) in [7, 11) is 0. The van der Waals surface area contributed by atoms with E-state index in [9.17, 15) is 9.90 Å². The molecule has 1 N–H and O–H groups in total. The van der Waals surface area contributed by atoms with Gasteiger partial charge in [0.25, 0.3) is 0 Å². The summed E-state index contributed by atoms with van der Waals surface area (Å²) in [6, 6.07) is 8.62. The molecule has 0 aromatic heterocycles. The molecule has 1 heterocycles. The number of benzene rings is 1. The summed E-state index contributed by atoms with van der Waals surface area (Å²) >= 11 is 0. The number of nitrogens with zero attached hydrogens (tertiary/aromatic N) is 1. The molecule has 21 heavy (non-hydrogen) atoms. The van der Waals surface area contributed by atoms with Crippen molar-refractivity contribution in [1.82, 2.24) is 4.90 Å². The fourth-order valence-electron chi connectivity index (χ4n) is 2.93. The molecule has 1 aliphatic heterocycles. The molecule has 0 saturated carbocycles. The van der Waals surface area contributed by atoms with Crippen LogP contribution in [0.4, 0.5) is 0 Å². The minimum absolute atomic E-state index is 0.252. The van der Waals surface area contributed by atoms with Gasteiger partial charge in [-0.3, -0.25) is 4.79 Å². The maximum Gasteiger partial charge on any atom is 0.222 e. The predicted octanol–water partition coefficient (Wildman–Crippen LogP) is 2.94. The van der Waals surface area contributed by atoms with Crippen molar-refractivity contribution < 1.29 is 9.90 Å². The Bertz CT molecular complexity index is 453. The quantitative estimate of drug-likeness (QED) is 0.818. The molecule has 1 fully saturated rings. The van der Waals surface area contributed by atoms with Gasteiger partial charge in [-0.1, -0.05) is 29.8 Å². The summed E-state index contributed by atoms with van der Waals surface area (Å²) in [5, 5.41) is 9.57. The molecule has 0 spiro atoms. The Hall–Kier alpha value is -1.35. The number of carbonyl (C=O) groups excluding carboxylic acids is 1. The van der Waals surface area contributed by atoms with Crippen LogP contribution in [-0.4, -0.2) is 35.1 Å². The molecular weight excluding hydrogens is 262 g/mol. The standard InChI is InChI=1S/C18H27NO2/c1-14-7-9-16(10-8-14)5-3-4-6-18(21)19-12-11-17(13-19)15(2)20/h7-10,15,17,20H,3-6,11-13H2,1-2H3. The van der Waals surface area contributed by atoms with E-state index in [2.05, 4.69) is 31.2 Å². The summed E-state index contributed by atoms with van der Waals surface area (Å²) < 4.78 is 0. The van der Waals surface area contributed by atoms with Crippen molar-refractivity contribution in [3.05, 3.63) is 35.4 Å². The van der Waals surface area contributed by atoms with E-state index in [-0.39, 0.29) is 17.9 Å². The number of hydrogen-bond acceptors (Lipinski definition) is 2. The molecule has 1 amide bonds. The lowest BCUT2D eigenvalue weighted by molar-refractivity contribution is -0.130. The Morgan fingerprint density at radius 1 is 1.33 bits per heavy atom. The third-order valence-electron chi connectivity index (χ3n) is 4.49. The number of carbonyl (C=O) groups is 1. The number of hydrogen-bond donors (Lipinski definition) is 1. The molecule has 2 unspecified atom stereocenters. The van der Waals surface area contributed by atoms with Crippen molar-refractivity contribution >= 4 is 5.91 Å². The number of amides is 1. The van der Waals surface area contributed by atoms with Crippen LogP contribution in [0.15, 0.2) is 24.3 Å². The molecule has 1 aromatic rings. The van der Waals surface area contributed by atoms with E-state index >= 15 is 0 Å². The van der Waals surface area contributed by atoms with Crippen LogP contribution in [-0.2, 0) is 11.2 Å². The maximum absolute atomic E-state index is 12.1. The zero-order valence-electron chi connectivity index (χ0n) is 13.2. The highest BCUT2D eigenvalue weighted by atomic mass is 16.3. The van der Waals surface area contributed by atoms with Crippen LogP contribution in [0.2, 0.25) is 0 Å². The molecule has 116 valence electrons. The Morgan fingerprint density at radius 3 is 2.67 bits per heavy atom. The van der Waals surface area contributed by atoms with Crippen molar-refractivity contribution in [3.8, 4) is 0 Å². The SMILES string of the molecule is Cc1ccc(CCCCC(=O)N2CCC(C(C)O)C2)cc1. The molecule has 2 atom stereocenters. The first-order valence-electron chi connectivity index (χ1n) is 8.07. The second-order valence-electron chi connectivity index (χ2n) is 6.32. The van der Waals surface area contributed by atoms with Gasteiger partial charge in [0, 0.05) is 25.4 Å². The molecule has 0 radical (unpaired) electrons. The number of aryl methyl sites for hydroxylation is 2. The highest BCUT2D eigenvalue weighted by Crippen LogP contribution is 2.20. The van der Waals surface area contributed by atoms with Crippen LogP contribution in [0.1, 0.15) is 43.7 Å². The Labute approximate surface area is 128 Å². The van der Waals surface area contributed by atoms with Gasteiger partial charge >= 0.3 is 0 Å². The van der Waals surface area contributed by atoms with Crippen molar-refractivity contribution in [2.24, 2.45) is 5.92 Å². The second-order valence-corrected chi connectivity index (χ2v) is 6.32. The molecular formula is C18H27NO2. The van der Waals surface area contributed by atoms with E-state index in [0.717, 1.165) is 38.8 Å². The third kappa shape index (κ3) is 4.85. The first-order chi connectivity index (χ1) is 10.1. The van der Waals surface area contributed by atoms with E-state index in [1.165, 1.54) is 11.1 Å². The highest BCUT2D eigenvalue weighted by Gasteiger charge is 2.28. The Balaban J connectivity index is 1.64. The molecule has 3 heteroatoms. The lowest BCUT2D eigenvalue weighted by Crippen LogP contribution is -2.30. The fourth-order valence-corrected chi connectivity index (χ4v) is 2.93. The predicted molar refractivity (Wildman–Crippen MR) is 85.1 cm³/mol. The summed E-state index contributed by atoms with van der Waals surface area (Å²) in [5.74, 6) is 0.517. The van der Waals surface area contributed by atoms with Crippen molar-refractivity contribution in [1.29, 1.82) is 0 Å². The number of aliphatic hydroxyl groups excluding tert-OH is 1. The number of aliphatic hydroxyl groups is 1. The lowest BCUT2D eigenvalue weighted by atomic mass is 10.0. The molecule has 1 aliphatic rings. The summed E-state index contributed by atoms with van der Waals surface area (Å²) in [5.41, 5.74) is 2.64. The van der Waals surface area contributed by atoms with Gasteiger partial charge in [-0.25, -0.2) is 0 Å². The Kier molecular flexibility index (Phi) is 5.80. The summed E-state index contributed by atoms with van der Waals surface area (Å²) in [6.07, 6.45) is 4.32. The Morgan fingerprint density at radius 2 is 2.05 bits per heavy atom. The number of likely N-dealkylation sites (tertiary alicyclic amines) is 1. The van der Waals surface area contributed by atoms with Gasteiger partial charge in [0.1, 0.15) is 0 Å². The van der Waals surface area contributed by atoms with Gasteiger partial charge in [0.2, 0.25) is 5.91 Å². The van der Waals surface area contributed by atoms with Gasteiger partial charge in [0.15, 0.2) is 0 Å². The van der Waals surface area contributed by atoms with Gasteiger partial charge in [-0.05, 0) is 45.1 Å². The number of rotatable bonds is 6. The van der Waals surface area contributed by atoms with Crippen molar-refractivity contribution in [2.45, 2.75) is 52.1 Å². The van der Waals surface area contributed by atoms with Gasteiger partial charge in [-0.2, -0.15) is 0 Å². The van der Waals surface area contributed by atoms with E-state index in [4.69, 9.17) is 0 Å². The monoisotopic (exact) mass is 289 g/mol. The molecule has 3 nitrogen and oxygen atoms in total. The summed E-state index contributed by atoms with van der Waals surface area (Å²) in [4.78, 5) is 14.0. The molecule has 1 aromatic carbocycles. The molecule has 0 bridgehead atoms. The zero-order chi connectivity index (χ0) is 15.2. The highest BCUT2D eigenvalue weighted by molar-refractivity contribution is 5.76. The van der Waals surface area contributed by atoms with Gasteiger partial charge in [-0.15, -0.1) is 0 Å². The van der Waals surface area contributed by atoms with Crippen molar-refractivity contribution in [2.75, 3.05) is 13.1 Å². The van der Waals surface area contributed by atoms with Gasteiger partial charge in [0.05, 0.1) is 6.10 Å². The fraction of sp³-hybridized carbons (Fsp3) is 0.611. The molecule has 1 saturated heterocycles. The normalized spacial score (nSPS) is 19.8. The van der Waals surface area contributed by atoms with Gasteiger partial charge < -0.3 is 10.0 Å². The van der Waals surface area contributed by atoms with E-state index in [0.29, 0.717) is 6.42 Å². The van der Waals surface area contributed by atoms with E-state index in [1.807, 2.05) is 11.8 Å². The van der Waals surface area contributed by atoms with Crippen LogP contribution < -0.4 is 0 Å². The summed E-state index contributed by atoms with van der Waals surface area (Å²) in [6.45, 7) is 5.46. The van der Waals surface area contributed by atoms with Crippen LogP contribution in [0.3, 0.4) is 0 Å². The number of unbranched alkanes of at least 4 members (excludes halogenated alkanes) is 1. The lowest BCUT2D eigenvalue weighted by Gasteiger charge is -2.17. The molecule has 0 aliphatic carbocycles. The topological polar surface area (TPSA) is 40.5 Å². The smallest absolute Gasteiger partial charge is 0.222 e. The maximum atomic E-state index is 12.1. The van der Waals surface area contributed by atoms with Crippen LogP contribution >= 0.6 is 0 Å². The van der Waals surface area contributed by atoms with Crippen LogP contribution in [0.5, 0.6) is 0 Å². The average Bonchev–Trinajstić information content (AvgIpc) is 2.95. The minimum Gasteiger partial charge on any atom is -0.393 e. The van der Waals surface area contributed by atoms with Crippen LogP contribution in [0.25, 0.3) is 0 Å². The first-order valence-corrected chi connectivity index (χ1v) is 8.07. The second kappa shape index (κ2) is 7.60. The average molecular weight is 289 g/mol. The van der Waals surface area contributed by atoms with Crippen molar-refractivity contribution in [3.63, 3.8) is 0 Å². The third-order valence-corrected chi connectivity index (χ3v) is 4.49.